The largest absolute Gasteiger partial charge is 0.326 e. The second kappa shape index (κ2) is 9.32. The zero-order chi connectivity index (χ0) is 21.0. The van der Waals surface area contributed by atoms with Crippen molar-refractivity contribution in [1.29, 1.82) is 0 Å². The molecule has 1 saturated heterocycles. The minimum absolute atomic E-state index is 0.0402. The maximum atomic E-state index is 12.9. The van der Waals surface area contributed by atoms with Gasteiger partial charge in [0.1, 0.15) is 0 Å². The van der Waals surface area contributed by atoms with E-state index in [0.717, 1.165) is 16.1 Å². The average molecular weight is 433 g/mol. The zero-order valence-corrected chi connectivity index (χ0v) is 18.7. The maximum absolute atomic E-state index is 12.9. The van der Waals surface area contributed by atoms with Gasteiger partial charge in [-0.1, -0.05) is 32.0 Å². The number of thioether (sulfide) groups is 1. The molecule has 0 spiro atoms. The molecule has 1 fully saturated rings. The van der Waals surface area contributed by atoms with E-state index >= 15 is 0 Å². The summed E-state index contributed by atoms with van der Waals surface area (Å²) in [6, 6.07) is 14.9. The summed E-state index contributed by atoms with van der Waals surface area (Å²) in [5.74, 6) is 0.141. The Labute approximate surface area is 177 Å². The summed E-state index contributed by atoms with van der Waals surface area (Å²) in [6.07, 6.45) is 3.04. The lowest BCUT2D eigenvalue weighted by atomic mass is 9.97. The maximum Gasteiger partial charge on any atom is 0.243 e. The Balaban J connectivity index is 1.61. The highest BCUT2D eigenvalue weighted by Gasteiger charge is 2.32. The van der Waals surface area contributed by atoms with Gasteiger partial charge in [-0.05, 0) is 60.9 Å². The van der Waals surface area contributed by atoms with Crippen molar-refractivity contribution < 1.29 is 13.2 Å². The van der Waals surface area contributed by atoms with Crippen molar-refractivity contribution in [3.63, 3.8) is 0 Å². The van der Waals surface area contributed by atoms with E-state index in [4.69, 9.17) is 0 Å². The first-order valence-electron chi connectivity index (χ1n) is 9.86. The molecule has 2 aromatic rings. The molecule has 1 amide bonds. The van der Waals surface area contributed by atoms with E-state index in [2.05, 4.69) is 19.2 Å². The number of benzene rings is 2. The number of sulfonamides is 1. The lowest BCUT2D eigenvalue weighted by molar-refractivity contribution is -0.120. The number of nitrogens with one attached hydrogen (secondary N) is 1. The molecular formula is C22H28N2O3S2. The topological polar surface area (TPSA) is 66.5 Å². The number of rotatable bonds is 6. The molecule has 7 heteroatoms. The summed E-state index contributed by atoms with van der Waals surface area (Å²) >= 11 is 1.62. The normalized spacial score (nSPS) is 16.1. The van der Waals surface area contributed by atoms with Crippen LogP contribution in [0.2, 0.25) is 0 Å². The lowest BCUT2D eigenvalue weighted by Crippen LogP contribution is -2.41. The molecule has 29 heavy (non-hydrogen) atoms. The minimum Gasteiger partial charge on any atom is -0.326 e. The second-order valence-electron chi connectivity index (χ2n) is 7.62. The lowest BCUT2D eigenvalue weighted by Gasteiger charge is -2.30. The van der Waals surface area contributed by atoms with Crippen LogP contribution in [0.4, 0.5) is 5.69 Å². The van der Waals surface area contributed by atoms with E-state index in [1.807, 2.05) is 42.7 Å². The molecule has 0 aliphatic carbocycles. The number of amides is 1. The molecule has 0 atom stereocenters. The SMILES string of the molecule is CSc1cccc(NC(=O)C2CCN(S(=O)(=O)c3ccc(C(C)C)cc3)CC2)c1. The summed E-state index contributed by atoms with van der Waals surface area (Å²) in [5.41, 5.74) is 1.90. The van der Waals surface area contributed by atoms with E-state index in [1.54, 1.807) is 23.9 Å². The van der Waals surface area contributed by atoms with E-state index in [9.17, 15) is 13.2 Å². The van der Waals surface area contributed by atoms with E-state index in [0.29, 0.717) is 36.7 Å². The molecular weight excluding hydrogens is 404 g/mol. The van der Waals surface area contributed by atoms with Crippen molar-refractivity contribution >= 4 is 33.4 Å². The van der Waals surface area contributed by atoms with Crippen molar-refractivity contribution in [3.05, 3.63) is 54.1 Å². The third-order valence-corrected chi connectivity index (χ3v) is 7.98. The number of nitrogens with zero attached hydrogens (tertiary/aromatic N) is 1. The van der Waals surface area contributed by atoms with Crippen LogP contribution in [0.15, 0.2) is 58.3 Å². The van der Waals surface area contributed by atoms with E-state index in [-0.39, 0.29) is 11.8 Å². The molecule has 5 nitrogen and oxygen atoms in total. The number of carbonyl (C=O) groups is 1. The van der Waals surface area contributed by atoms with Gasteiger partial charge in [0, 0.05) is 29.6 Å². The number of hydrogen-bond donors (Lipinski definition) is 1. The van der Waals surface area contributed by atoms with Crippen LogP contribution >= 0.6 is 11.8 Å². The fourth-order valence-corrected chi connectivity index (χ4v) is 5.41. The molecule has 0 radical (unpaired) electrons. The van der Waals surface area contributed by atoms with Crippen LogP contribution in [-0.2, 0) is 14.8 Å². The fourth-order valence-electron chi connectivity index (χ4n) is 3.48. The van der Waals surface area contributed by atoms with Crippen LogP contribution in [0.25, 0.3) is 0 Å². The van der Waals surface area contributed by atoms with Gasteiger partial charge in [-0.2, -0.15) is 4.31 Å². The minimum atomic E-state index is -3.52. The molecule has 2 aromatic carbocycles. The molecule has 1 N–H and O–H groups in total. The Bertz CT molecular complexity index is 948. The monoisotopic (exact) mass is 432 g/mol. The molecule has 3 rings (SSSR count). The fraction of sp³-hybridized carbons (Fsp3) is 0.409. The first-order chi connectivity index (χ1) is 13.8. The molecule has 0 saturated carbocycles. The van der Waals surface area contributed by atoms with Crippen LogP contribution in [0.1, 0.15) is 38.2 Å². The zero-order valence-electron chi connectivity index (χ0n) is 17.1. The summed E-state index contributed by atoms with van der Waals surface area (Å²) < 4.78 is 27.4. The van der Waals surface area contributed by atoms with Crippen molar-refractivity contribution in [2.75, 3.05) is 24.7 Å². The van der Waals surface area contributed by atoms with Crippen molar-refractivity contribution in [3.8, 4) is 0 Å². The first kappa shape index (κ1) is 21.9. The molecule has 1 aliphatic rings. The Hall–Kier alpha value is -1.83. The van der Waals surface area contributed by atoms with E-state index in [1.165, 1.54) is 4.31 Å². The Kier molecular flexibility index (Phi) is 7.03. The quantitative estimate of drug-likeness (QED) is 0.679. The third kappa shape index (κ3) is 5.21. The molecule has 1 aliphatic heterocycles. The van der Waals surface area contributed by atoms with Gasteiger partial charge in [-0.25, -0.2) is 8.42 Å². The number of anilines is 1. The van der Waals surface area contributed by atoms with E-state index < -0.39 is 10.0 Å². The Morgan fingerprint density at radius 1 is 1.10 bits per heavy atom. The molecule has 0 aromatic heterocycles. The molecule has 1 heterocycles. The number of piperidine rings is 1. The van der Waals surface area contributed by atoms with Gasteiger partial charge in [0.15, 0.2) is 0 Å². The van der Waals surface area contributed by atoms with Gasteiger partial charge >= 0.3 is 0 Å². The van der Waals surface area contributed by atoms with Gasteiger partial charge in [0.2, 0.25) is 15.9 Å². The van der Waals surface area contributed by atoms with Crippen LogP contribution in [0, 0.1) is 5.92 Å². The predicted octanol–water partition coefficient (Wildman–Crippen LogP) is 4.57. The van der Waals surface area contributed by atoms with Crippen LogP contribution in [0.5, 0.6) is 0 Å². The van der Waals surface area contributed by atoms with Gasteiger partial charge in [-0.15, -0.1) is 11.8 Å². The standard InChI is InChI=1S/C22H28N2O3S2/c1-16(2)17-7-9-21(10-8-17)29(26,27)24-13-11-18(12-14-24)22(25)23-19-5-4-6-20(15-19)28-3/h4-10,15-16,18H,11-14H2,1-3H3,(H,23,25). The predicted molar refractivity (Wildman–Crippen MR) is 119 cm³/mol. The summed E-state index contributed by atoms with van der Waals surface area (Å²) in [7, 11) is -3.52. The second-order valence-corrected chi connectivity index (χ2v) is 10.4. The highest BCUT2D eigenvalue weighted by atomic mass is 32.2. The van der Waals surface area contributed by atoms with Crippen LogP contribution < -0.4 is 5.32 Å². The number of carbonyl (C=O) groups excluding carboxylic acids is 1. The number of hydrogen-bond acceptors (Lipinski definition) is 4. The molecule has 0 bridgehead atoms. The van der Waals surface area contributed by atoms with Gasteiger partial charge in [0.05, 0.1) is 4.90 Å². The highest BCUT2D eigenvalue weighted by molar-refractivity contribution is 7.98. The van der Waals surface area contributed by atoms with Crippen molar-refractivity contribution in [2.45, 2.75) is 42.4 Å². The smallest absolute Gasteiger partial charge is 0.243 e. The summed E-state index contributed by atoms with van der Waals surface area (Å²) in [6.45, 7) is 4.88. The average Bonchev–Trinajstić information content (AvgIpc) is 2.74. The highest BCUT2D eigenvalue weighted by Crippen LogP contribution is 2.26. The Morgan fingerprint density at radius 3 is 2.34 bits per heavy atom. The van der Waals surface area contributed by atoms with Gasteiger partial charge in [0.25, 0.3) is 0 Å². The molecule has 156 valence electrons. The molecule has 0 unspecified atom stereocenters. The Morgan fingerprint density at radius 2 is 1.76 bits per heavy atom. The summed E-state index contributed by atoms with van der Waals surface area (Å²) in [4.78, 5) is 14.0. The summed E-state index contributed by atoms with van der Waals surface area (Å²) in [5, 5.41) is 2.97. The van der Waals surface area contributed by atoms with Crippen molar-refractivity contribution in [2.24, 2.45) is 5.92 Å². The van der Waals surface area contributed by atoms with Crippen LogP contribution in [-0.4, -0.2) is 38.0 Å². The van der Waals surface area contributed by atoms with Gasteiger partial charge < -0.3 is 5.32 Å². The third-order valence-electron chi connectivity index (χ3n) is 5.35. The van der Waals surface area contributed by atoms with Crippen molar-refractivity contribution in [1.82, 2.24) is 4.31 Å². The van der Waals surface area contributed by atoms with Crippen LogP contribution in [0.3, 0.4) is 0 Å². The first-order valence-corrected chi connectivity index (χ1v) is 12.5. The van der Waals surface area contributed by atoms with Gasteiger partial charge in [-0.3, -0.25) is 4.79 Å².